The van der Waals surface area contributed by atoms with E-state index in [0.717, 1.165) is 16.9 Å². The second-order valence-electron chi connectivity index (χ2n) is 4.31. The lowest BCUT2D eigenvalue weighted by atomic mass is 10.1. The number of ether oxygens (including phenoxy) is 2. The smallest absolute Gasteiger partial charge is 0.125 e. The second-order valence-corrected chi connectivity index (χ2v) is 5.31. The standard InChI is InChI=1S/C16H13BrClNO2/c1-20-15-4-2-11(9-19)6-13(15)10-21-16-5-3-14(18)7-12(16)8-17/h2-7H,8,10H2,1H3. The quantitative estimate of drug-likeness (QED) is 0.721. The van der Waals surface area contributed by atoms with Crippen LogP contribution in [0.2, 0.25) is 5.02 Å². The summed E-state index contributed by atoms with van der Waals surface area (Å²) in [6.45, 7) is 0.320. The Hall–Kier alpha value is -1.70. The fourth-order valence-electron chi connectivity index (χ4n) is 1.91. The Morgan fingerprint density at radius 3 is 2.57 bits per heavy atom. The lowest BCUT2D eigenvalue weighted by Crippen LogP contribution is -2.01. The van der Waals surface area contributed by atoms with Gasteiger partial charge in [-0.25, -0.2) is 0 Å². The number of halogens is 2. The third-order valence-corrected chi connectivity index (χ3v) is 3.80. The zero-order chi connectivity index (χ0) is 15.2. The van der Waals surface area contributed by atoms with Crippen LogP contribution in [0.5, 0.6) is 11.5 Å². The van der Waals surface area contributed by atoms with Crippen molar-refractivity contribution in [3.63, 3.8) is 0 Å². The number of nitriles is 1. The first-order valence-corrected chi connectivity index (χ1v) is 7.72. The van der Waals surface area contributed by atoms with Gasteiger partial charge in [-0.1, -0.05) is 27.5 Å². The fraction of sp³-hybridized carbons (Fsp3) is 0.188. The Balaban J connectivity index is 2.22. The molecule has 0 radical (unpaired) electrons. The number of alkyl halides is 1. The predicted octanol–water partition coefficient (Wildman–Crippen LogP) is 4.69. The van der Waals surface area contributed by atoms with Gasteiger partial charge in [0.1, 0.15) is 18.1 Å². The zero-order valence-electron chi connectivity index (χ0n) is 11.4. The SMILES string of the molecule is COc1ccc(C#N)cc1COc1ccc(Cl)cc1CBr. The highest BCUT2D eigenvalue weighted by atomic mass is 79.9. The Morgan fingerprint density at radius 1 is 1.14 bits per heavy atom. The lowest BCUT2D eigenvalue weighted by Gasteiger charge is -2.13. The molecule has 3 nitrogen and oxygen atoms in total. The van der Waals surface area contributed by atoms with E-state index in [2.05, 4.69) is 22.0 Å². The Kier molecular flexibility index (Phi) is 5.49. The molecule has 5 heteroatoms. The van der Waals surface area contributed by atoms with Crippen molar-refractivity contribution in [2.45, 2.75) is 11.9 Å². The third kappa shape index (κ3) is 3.90. The third-order valence-electron chi connectivity index (χ3n) is 2.96. The van der Waals surface area contributed by atoms with E-state index in [1.165, 1.54) is 0 Å². The van der Waals surface area contributed by atoms with Gasteiger partial charge in [0.25, 0.3) is 0 Å². The summed E-state index contributed by atoms with van der Waals surface area (Å²) in [6, 6.07) is 12.8. The van der Waals surface area contributed by atoms with Gasteiger partial charge in [0.05, 0.1) is 18.7 Å². The van der Waals surface area contributed by atoms with E-state index >= 15 is 0 Å². The molecule has 0 N–H and O–H groups in total. The average molecular weight is 367 g/mol. The summed E-state index contributed by atoms with van der Waals surface area (Å²) in [5.74, 6) is 1.45. The summed E-state index contributed by atoms with van der Waals surface area (Å²) < 4.78 is 11.1. The van der Waals surface area contributed by atoms with Crippen molar-refractivity contribution < 1.29 is 9.47 Å². The minimum Gasteiger partial charge on any atom is -0.496 e. The minimum absolute atomic E-state index is 0.320. The van der Waals surface area contributed by atoms with Gasteiger partial charge in [0, 0.05) is 21.5 Å². The predicted molar refractivity (Wildman–Crippen MR) is 86.1 cm³/mol. The highest BCUT2D eigenvalue weighted by Crippen LogP contribution is 2.27. The van der Waals surface area contributed by atoms with Gasteiger partial charge < -0.3 is 9.47 Å². The molecule has 0 fully saturated rings. The van der Waals surface area contributed by atoms with Gasteiger partial charge in [0.2, 0.25) is 0 Å². The summed E-state index contributed by atoms with van der Waals surface area (Å²) in [7, 11) is 1.59. The maximum atomic E-state index is 8.97. The summed E-state index contributed by atoms with van der Waals surface area (Å²) in [5.41, 5.74) is 2.37. The molecule has 0 bridgehead atoms. The number of nitrogens with zero attached hydrogens (tertiary/aromatic N) is 1. The molecule has 0 atom stereocenters. The van der Waals surface area contributed by atoms with Crippen molar-refractivity contribution in [2.24, 2.45) is 0 Å². The van der Waals surface area contributed by atoms with Crippen molar-refractivity contribution >= 4 is 27.5 Å². The normalized spacial score (nSPS) is 10.0. The number of hydrogen-bond acceptors (Lipinski definition) is 3. The van der Waals surface area contributed by atoms with Crippen LogP contribution < -0.4 is 9.47 Å². The minimum atomic E-state index is 0.320. The molecular formula is C16H13BrClNO2. The summed E-state index contributed by atoms with van der Waals surface area (Å²) >= 11 is 9.38. The molecule has 21 heavy (non-hydrogen) atoms. The lowest BCUT2D eigenvalue weighted by molar-refractivity contribution is 0.294. The van der Waals surface area contributed by atoms with Crippen molar-refractivity contribution in [1.82, 2.24) is 0 Å². The van der Waals surface area contributed by atoms with Crippen LogP contribution in [-0.2, 0) is 11.9 Å². The van der Waals surface area contributed by atoms with Gasteiger partial charge in [-0.05, 0) is 36.4 Å². The van der Waals surface area contributed by atoms with Gasteiger partial charge in [-0.15, -0.1) is 0 Å². The van der Waals surface area contributed by atoms with Crippen molar-refractivity contribution in [3.8, 4) is 17.6 Å². The largest absolute Gasteiger partial charge is 0.496 e. The number of methoxy groups -OCH3 is 1. The molecule has 0 unspecified atom stereocenters. The van der Waals surface area contributed by atoms with E-state index in [-0.39, 0.29) is 0 Å². The number of benzene rings is 2. The van der Waals surface area contributed by atoms with Crippen LogP contribution in [0.25, 0.3) is 0 Å². The molecule has 0 aromatic heterocycles. The summed E-state index contributed by atoms with van der Waals surface area (Å²) in [5, 5.41) is 10.3. The van der Waals surface area contributed by atoms with Crippen LogP contribution in [0.3, 0.4) is 0 Å². The van der Waals surface area contributed by atoms with E-state index < -0.39 is 0 Å². The molecule has 108 valence electrons. The van der Waals surface area contributed by atoms with E-state index in [1.807, 2.05) is 12.1 Å². The van der Waals surface area contributed by atoms with Crippen LogP contribution >= 0.6 is 27.5 Å². The van der Waals surface area contributed by atoms with Crippen LogP contribution in [0, 0.1) is 11.3 Å². The summed E-state index contributed by atoms with van der Waals surface area (Å²) in [4.78, 5) is 0. The maximum absolute atomic E-state index is 8.97. The first kappa shape index (κ1) is 15.7. The Morgan fingerprint density at radius 2 is 1.90 bits per heavy atom. The molecule has 0 aliphatic rings. The molecule has 0 aliphatic carbocycles. The maximum Gasteiger partial charge on any atom is 0.125 e. The van der Waals surface area contributed by atoms with Gasteiger partial charge in [-0.2, -0.15) is 5.26 Å². The van der Waals surface area contributed by atoms with E-state index in [0.29, 0.717) is 28.3 Å². The molecule has 2 aromatic rings. The van der Waals surface area contributed by atoms with Gasteiger partial charge in [-0.3, -0.25) is 0 Å². The Labute approximate surface area is 137 Å². The fourth-order valence-corrected chi connectivity index (χ4v) is 2.54. The first-order valence-electron chi connectivity index (χ1n) is 6.22. The van der Waals surface area contributed by atoms with Crippen LogP contribution in [0.1, 0.15) is 16.7 Å². The van der Waals surface area contributed by atoms with Crippen LogP contribution in [0.4, 0.5) is 0 Å². The van der Waals surface area contributed by atoms with Crippen molar-refractivity contribution in [3.05, 3.63) is 58.1 Å². The van der Waals surface area contributed by atoms with Crippen LogP contribution in [-0.4, -0.2) is 7.11 Å². The average Bonchev–Trinajstić information content (AvgIpc) is 2.53. The van der Waals surface area contributed by atoms with E-state index in [4.69, 9.17) is 26.3 Å². The molecule has 0 saturated carbocycles. The number of hydrogen-bond donors (Lipinski definition) is 0. The molecular weight excluding hydrogens is 354 g/mol. The molecule has 2 rings (SSSR count). The highest BCUT2D eigenvalue weighted by Gasteiger charge is 2.08. The number of rotatable bonds is 5. The van der Waals surface area contributed by atoms with Crippen LogP contribution in [0.15, 0.2) is 36.4 Å². The van der Waals surface area contributed by atoms with Gasteiger partial charge >= 0.3 is 0 Å². The highest BCUT2D eigenvalue weighted by molar-refractivity contribution is 9.08. The van der Waals surface area contributed by atoms with E-state index in [9.17, 15) is 0 Å². The van der Waals surface area contributed by atoms with E-state index in [1.54, 1.807) is 31.4 Å². The molecule has 2 aromatic carbocycles. The molecule has 0 aliphatic heterocycles. The second kappa shape index (κ2) is 7.35. The monoisotopic (exact) mass is 365 g/mol. The van der Waals surface area contributed by atoms with Crippen molar-refractivity contribution in [2.75, 3.05) is 7.11 Å². The molecule has 0 heterocycles. The van der Waals surface area contributed by atoms with Gasteiger partial charge in [0.15, 0.2) is 0 Å². The van der Waals surface area contributed by atoms with Crippen molar-refractivity contribution in [1.29, 1.82) is 5.26 Å². The first-order chi connectivity index (χ1) is 10.2. The zero-order valence-corrected chi connectivity index (χ0v) is 13.7. The molecule has 0 amide bonds. The molecule has 0 spiro atoms. The Bertz CT molecular complexity index is 682. The topological polar surface area (TPSA) is 42.2 Å². The summed E-state index contributed by atoms with van der Waals surface area (Å²) in [6.07, 6.45) is 0. The molecule has 0 saturated heterocycles.